The fourth-order valence-electron chi connectivity index (χ4n) is 2.40. The Balaban J connectivity index is 3.08. The van der Waals surface area contributed by atoms with Crippen molar-refractivity contribution >= 4 is 6.16 Å². The molecule has 0 heterocycles. The van der Waals surface area contributed by atoms with Crippen molar-refractivity contribution in [1.29, 1.82) is 0 Å². The summed E-state index contributed by atoms with van der Waals surface area (Å²) in [6.45, 7) is 5.17. The van der Waals surface area contributed by atoms with E-state index in [2.05, 4.69) is 0 Å². The van der Waals surface area contributed by atoms with Crippen LogP contribution in [0, 0.1) is 0 Å². The third-order valence-corrected chi connectivity index (χ3v) is 3.61. The smallest absolute Gasteiger partial charge is 0.497 e. The molecule has 27 heavy (non-hydrogen) atoms. The highest BCUT2D eigenvalue weighted by Crippen LogP contribution is 2.25. The molecule has 0 aliphatic rings. The number of hydrogen-bond acceptors (Lipinski definition) is 8. The van der Waals surface area contributed by atoms with Gasteiger partial charge >= 0.3 is 6.16 Å². The van der Waals surface area contributed by atoms with Crippen molar-refractivity contribution in [3.05, 3.63) is 23.8 Å². The van der Waals surface area contributed by atoms with Gasteiger partial charge < -0.3 is 33.5 Å². The van der Waals surface area contributed by atoms with Crippen LogP contribution in [-0.4, -0.2) is 63.8 Å². The molecule has 2 unspecified atom stereocenters. The topological polar surface area (TPSA) is 92.7 Å². The maximum atomic E-state index is 12.1. The number of carbonyl (C=O) groups is 1. The molecule has 0 fully saturated rings. The van der Waals surface area contributed by atoms with E-state index in [4.69, 9.17) is 28.4 Å². The second-order valence-corrected chi connectivity index (χ2v) is 6.88. The van der Waals surface area contributed by atoms with E-state index in [0.29, 0.717) is 11.5 Å². The Morgan fingerprint density at radius 2 is 1.52 bits per heavy atom. The third kappa shape index (κ3) is 7.62. The molecule has 0 radical (unpaired) electrons. The normalized spacial score (nSPS) is 13.8. The SMILES string of the molecule is COc1cc(CC(OC(=O)OC(C)(C)C)C(O)C(OC)OC)cc(OC)c1. The van der Waals surface area contributed by atoms with Crippen LogP contribution < -0.4 is 9.47 Å². The van der Waals surface area contributed by atoms with Crippen molar-refractivity contribution < 1.29 is 38.3 Å². The summed E-state index contributed by atoms with van der Waals surface area (Å²) in [5, 5.41) is 10.6. The Bertz CT molecular complexity index is 570. The third-order valence-electron chi connectivity index (χ3n) is 3.61. The Hall–Kier alpha value is -2.03. The predicted octanol–water partition coefficient (Wildman–Crippen LogP) is 2.55. The molecule has 0 saturated heterocycles. The lowest BCUT2D eigenvalue weighted by atomic mass is 10.0. The van der Waals surface area contributed by atoms with Gasteiger partial charge in [0.05, 0.1) is 14.2 Å². The molecule has 0 aliphatic heterocycles. The Morgan fingerprint density at radius 3 is 1.93 bits per heavy atom. The molecular formula is C19H30O8. The molecule has 1 rings (SSSR count). The molecule has 1 N–H and O–H groups in total. The van der Waals surface area contributed by atoms with Crippen molar-refractivity contribution in [3.8, 4) is 11.5 Å². The lowest BCUT2D eigenvalue weighted by Crippen LogP contribution is -2.44. The highest BCUT2D eigenvalue weighted by atomic mass is 16.7. The number of carbonyl (C=O) groups excluding carboxylic acids is 1. The fraction of sp³-hybridized carbons (Fsp3) is 0.632. The van der Waals surface area contributed by atoms with Crippen LogP contribution >= 0.6 is 0 Å². The average Bonchev–Trinajstić information content (AvgIpc) is 2.60. The molecule has 8 heteroatoms. The minimum Gasteiger partial charge on any atom is -0.497 e. The number of methoxy groups -OCH3 is 4. The molecule has 1 aromatic rings. The Kier molecular flexibility index (Phi) is 8.81. The number of ether oxygens (including phenoxy) is 6. The highest BCUT2D eigenvalue weighted by Gasteiger charge is 2.33. The van der Waals surface area contributed by atoms with Crippen LogP contribution in [0.4, 0.5) is 4.79 Å². The molecule has 0 aliphatic carbocycles. The summed E-state index contributed by atoms with van der Waals surface area (Å²) in [7, 11) is 5.84. The zero-order valence-electron chi connectivity index (χ0n) is 17.0. The predicted molar refractivity (Wildman–Crippen MR) is 98.2 cm³/mol. The molecule has 0 bridgehead atoms. The standard InChI is InChI=1S/C19H30O8/c1-19(2,3)27-18(21)26-15(16(20)17(24-6)25-7)10-12-8-13(22-4)11-14(9-12)23-5/h8-9,11,15-17,20H,10H2,1-7H3. The van der Waals surface area contributed by atoms with Crippen LogP contribution in [0.3, 0.4) is 0 Å². The molecule has 0 spiro atoms. The minimum absolute atomic E-state index is 0.164. The van der Waals surface area contributed by atoms with Gasteiger partial charge in [0.2, 0.25) is 0 Å². The molecule has 0 amide bonds. The van der Waals surface area contributed by atoms with Crippen molar-refractivity contribution in [3.63, 3.8) is 0 Å². The first kappa shape index (κ1) is 23.0. The van der Waals surface area contributed by atoms with Gasteiger partial charge in [0.25, 0.3) is 0 Å². The Morgan fingerprint density at radius 1 is 1.00 bits per heavy atom. The quantitative estimate of drug-likeness (QED) is 0.511. The van der Waals surface area contributed by atoms with Gasteiger partial charge in [0.1, 0.15) is 29.3 Å². The second kappa shape index (κ2) is 10.3. The van der Waals surface area contributed by atoms with Crippen LogP contribution in [-0.2, 0) is 25.4 Å². The number of aliphatic hydroxyl groups excluding tert-OH is 1. The first-order valence-electron chi connectivity index (χ1n) is 8.48. The molecule has 1 aromatic carbocycles. The van der Waals surface area contributed by atoms with E-state index in [0.717, 1.165) is 5.56 Å². The zero-order valence-corrected chi connectivity index (χ0v) is 17.0. The molecule has 2 atom stereocenters. The lowest BCUT2D eigenvalue weighted by molar-refractivity contribution is -0.194. The minimum atomic E-state index is -1.25. The van der Waals surface area contributed by atoms with Crippen LogP contribution in [0.1, 0.15) is 26.3 Å². The molecule has 0 aromatic heterocycles. The second-order valence-electron chi connectivity index (χ2n) is 6.88. The van der Waals surface area contributed by atoms with Gasteiger partial charge in [-0.05, 0) is 38.5 Å². The number of aliphatic hydroxyl groups is 1. The summed E-state index contributed by atoms with van der Waals surface area (Å²) >= 11 is 0. The van der Waals surface area contributed by atoms with Gasteiger partial charge in [-0.1, -0.05) is 0 Å². The van der Waals surface area contributed by atoms with Crippen LogP contribution in [0.15, 0.2) is 18.2 Å². The number of hydrogen-bond donors (Lipinski definition) is 1. The van der Waals surface area contributed by atoms with Crippen molar-refractivity contribution in [2.75, 3.05) is 28.4 Å². The maximum Gasteiger partial charge on any atom is 0.509 e. The number of rotatable bonds is 9. The van der Waals surface area contributed by atoms with Gasteiger partial charge in [0.15, 0.2) is 6.29 Å². The van der Waals surface area contributed by atoms with Gasteiger partial charge in [-0.3, -0.25) is 0 Å². The van der Waals surface area contributed by atoms with E-state index >= 15 is 0 Å². The van der Waals surface area contributed by atoms with Gasteiger partial charge in [-0.2, -0.15) is 0 Å². The first-order valence-corrected chi connectivity index (χ1v) is 8.48. The summed E-state index contributed by atoms with van der Waals surface area (Å²) < 4.78 is 31.3. The summed E-state index contributed by atoms with van der Waals surface area (Å²) in [6.07, 6.45) is -3.94. The summed E-state index contributed by atoms with van der Waals surface area (Å²) in [5.41, 5.74) is -0.00185. The van der Waals surface area contributed by atoms with E-state index in [-0.39, 0.29) is 6.42 Å². The number of benzene rings is 1. The Labute approximate surface area is 160 Å². The van der Waals surface area contributed by atoms with E-state index < -0.39 is 30.3 Å². The maximum absolute atomic E-state index is 12.1. The first-order chi connectivity index (χ1) is 12.6. The van der Waals surface area contributed by atoms with Gasteiger partial charge in [-0.25, -0.2) is 4.79 Å². The largest absolute Gasteiger partial charge is 0.509 e. The monoisotopic (exact) mass is 386 g/mol. The van der Waals surface area contributed by atoms with Crippen molar-refractivity contribution in [2.24, 2.45) is 0 Å². The zero-order chi connectivity index (χ0) is 20.6. The van der Waals surface area contributed by atoms with E-state index in [1.165, 1.54) is 28.4 Å². The van der Waals surface area contributed by atoms with Crippen molar-refractivity contribution in [1.82, 2.24) is 0 Å². The molecule has 0 saturated carbocycles. The highest BCUT2D eigenvalue weighted by molar-refractivity contribution is 5.61. The average molecular weight is 386 g/mol. The van der Waals surface area contributed by atoms with Crippen LogP contribution in [0.2, 0.25) is 0 Å². The van der Waals surface area contributed by atoms with Gasteiger partial charge in [-0.15, -0.1) is 0 Å². The van der Waals surface area contributed by atoms with E-state index in [9.17, 15) is 9.90 Å². The summed E-state index contributed by atoms with van der Waals surface area (Å²) in [5.74, 6) is 1.15. The molecule has 8 nitrogen and oxygen atoms in total. The summed E-state index contributed by atoms with van der Waals surface area (Å²) in [4.78, 5) is 12.1. The molecule has 154 valence electrons. The van der Waals surface area contributed by atoms with Crippen molar-refractivity contribution in [2.45, 2.75) is 51.3 Å². The fourth-order valence-corrected chi connectivity index (χ4v) is 2.40. The van der Waals surface area contributed by atoms with Gasteiger partial charge in [0, 0.05) is 26.7 Å². The van der Waals surface area contributed by atoms with Crippen LogP contribution in [0.5, 0.6) is 11.5 Å². The summed E-state index contributed by atoms with van der Waals surface area (Å²) in [6, 6.07) is 5.24. The van der Waals surface area contributed by atoms with Crippen LogP contribution in [0.25, 0.3) is 0 Å². The van der Waals surface area contributed by atoms with E-state index in [1.807, 2.05) is 0 Å². The van der Waals surface area contributed by atoms with E-state index in [1.54, 1.807) is 39.0 Å². The lowest BCUT2D eigenvalue weighted by Gasteiger charge is -2.29. The molecular weight excluding hydrogens is 356 g/mol.